The van der Waals surface area contributed by atoms with E-state index in [0.717, 1.165) is 22.4 Å². The van der Waals surface area contributed by atoms with Crippen LogP contribution in [-0.4, -0.2) is 9.97 Å². The summed E-state index contributed by atoms with van der Waals surface area (Å²) in [5.41, 5.74) is 3.92. The fourth-order valence-corrected chi connectivity index (χ4v) is 1.96. The quantitative estimate of drug-likeness (QED) is 0.725. The number of benzene rings is 2. The van der Waals surface area contributed by atoms with E-state index in [2.05, 4.69) is 27.1 Å². The summed E-state index contributed by atoms with van der Waals surface area (Å²) in [5, 5.41) is 3.20. The number of aryl methyl sites for hydroxylation is 1. The van der Waals surface area contributed by atoms with Crippen molar-refractivity contribution in [2.24, 2.45) is 0 Å². The lowest BCUT2D eigenvalue weighted by molar-refractivity contribution is 1.15. The van der Waals surface area contributed by atoms with Crippen molar-refractivity contribution in [3.8, 4) is 11.8 Å². The molecule has 1 heterocycles. The third-order valence-electron chi connectivity index (χ3n) is 3.17. The minimum Gasteiger partial charge on any atom is -0.324 e. The summed E-state index contributed by atoms with van der Waals surface area (Å²) < 4.78 is 0. The zero-order valence-corrected chi connectivity index (χ0v) is 12.2. The van der Waals surface area contributed by atoms with Crippen LogP contribution in [0, 0.1) is 18.8 Å². The number of hydrogen-bond acceptors (Lipinski definition) is 3. The molecule has 0 aliphatic rings. The van der Waals surface area contributed by atoms with Crippen LogP contribution in [0.4, 0.5) is 11.6 Å². The van der Waals surface area contributed by atoms with Gasteiger partial charge in [-0.3, -0.25) is 0 Å². The highest BCUT2D eigenvalue weighted by atomic mass is 15.1. The molecule has 1 N–H and O–H groups in total. The van der Waals surface area contributed by atoms with Gasteiger partial charge in [0.1, 0.15) is 0 Å². The highest BCUT2D eigenvalue weighted by Gasteiger charge is 1.99. The van der Waals surface area contributed by atoms with E-state index in [-0.39, 0.29) is 0 Å². The van der Waals surface area contributed by atoms with E-state index in [1.54, 1.807) is 12.4 Å². The summed E-state index contributed by atoms with van der Waals surface area (Å²) in [7, 11) is 0. The van der Waals surface area contributed by atoms with Crippen molar-refractivity contribution < 1.29 is 0 Å². The Bertz CT molecular complexity index is 813. The molecular formula is C19H15N3. The van der Waals surface area contributed by atoms with Gasteiger partial charge in [-0.2, -0.15) is 0 Å². The molecule has 0 atom stereocenters. The summed E-state index contributed by atoms with van der Waals surface area (Å²) in [6.07, 6.45) is 3.45. The second-order valence-electron chi connectivity index (χ2n) is 4.85. The van der Waals surface area contributed by atoms with Crippen molar-refractivity contribution in [3.05, 3.63) is 83.7 Å². The molecule has 0 fully saturated rings. The predicted octanol–water partition coefficient (Wildman–Crippen LogP) is 3.93. The molecule has 0 unspecified atom stereocenters. The van der Waals surface area contributed by atoms with Gasteiger partial charge < -0.3 is 5.32 Å². The zero-order valence-electron chi connectivity index (χ0n) is 12.2. The van der Waals surface area contributed by atoms with Crippen LogP contribution in [0.1, 0.15) is 16.7 Å². The average Bonchev–Trinajstić information content (AvgIpc) is 2.57. The highest BCUT2D eigenvalue weighted by molar-refractivity contribution is 5.57. The first-order valence-corrected chi connectivity index (χ1v) is 7.03. The van der Waals surface area contributed by atoms with Gasteiger partial charge in [-0.05, 0) is 30.7 Å². The lowest BCUT2D eigenvalue weighted by Crippen LogP contribution is -1.98. The van der Waals surface area contributed by atoms with Gasteiger partial charge in [-0.15, -0.1) is 0 Å². The molecule has 0 aliphatic heterocycles. The van der Waals surface area contributed by atoms with Crippen LogP contribution in [-0.2, 0) is 0 Å². The van der Waals surface area contributed by atoms with Gasteiger partial charge in [0.2, 0.25) is 5.95 Å². The first-order valence-electron chi connectivity index (χ1n) is 7.03. The molecule has 3 heteroatoms. The van der Waals surface area contributed by atoms with Crippen molar-refractivity contribution in [2.45, 2.75) is 6.92 Å². The Labute approximate surface area is 130 Å². The predicted molar refractivity (Wildman–Crippen MR) is 88.9 cm³/mol. The Kier molecular flexibility index (Phi) is 4.12. The SMILES string of the molecule is Cc1ccccc1Nc1ncc(C#Cc2ccccc2)cn1. The van der Waals surface area contributed by atoms with E-state index in [0.29, 0.717) is 5.95 Å². The molecular weight excluding hydrogens is 270 g/mol. The Morgan fingerprint density at radius 2 is 1.41 bits per heavy atom. The second-order valence-corrected chi connectivity index (χ2v) is 4.85. The molecule has 0 spiro atoms. The lowest BCUT2D eigenvalue weighted by atomic mass is 10.2. The molecule has 1 aromatic heterocycles. The third-order valence-corrected chi connectivity index (χ3v) is 3.17. The van der Waals surface area contributed by atoms with Gasteiger partial charge in [-0.25, -0.2) is 9.97 Å². The summed E-state index contributed by atoms with van der Waals surface area (Å²) in [4.78, 5) is 8.61. The maximum atomic E-state index is 4.30. The summed E-state index contributed by atoms with van der Waals surface area (Å²) >= 11 is 0. The molecule has 3 nitrogen and oxygen atoms in total. The monoisotopic (exact) mass is 285 g/mol. The van der Waals surface area contributed by atoms with Gasteiger partial charge in [0, 0.05) is 23.6 Å². The Hall–Kier alpha value is -3.12. The fourth-order valence-electron chi connectivity index (χ4n) is 1.96. The van der Waals surface area contributed by atoms with Gasteiger partial charge in [0.05, 0.1) is 5.56 Å². The number of nitrogens with zero attached hydrogens (tertiary/aromatic N) is 2. The third kappa shape index (κ3) is 3.50. The maximum absolute atomic E-state index is 4.30. The van der Waals surface area contributed by atoms with Crippen LogP contribution in [0.15, 0.2) is 67.0 Å². The number of nitrogens with one attached hydrogen (secondary N) is 1. The van der Waals surface area contributed by atoms with E-state index in [4.69, 9.17) is 0 Å². The largest absolute Gasteiger partial charge is 0.324 e. The van der Waals surface area contributed by atoms with Crippen LogP contribution in [0.3, 0.4) is 0 Å². The molecule has 0 saturated carbocycles. The summed E-state index contributed by atoms with van der Waals surface area (Å²) in [6, 6.07) is 17.9. The van der Waals surface area contributed by atoms with Crippen molar-refractivity contribution in [1.29, 1.82) is 0 Å². The second kappa shape index (κ2) is 6.55. The molecule has 0 bridgehead atoms. The van der Waals surface area contributed by atoms with E-state index >= 15 is 0 Å². The van der Waals surface area contributed by atoms with Crippen LogP contribution in [0.2, 0.25) is 0 Å². The number of para-hydroxylation sites is 1. The summed E-state index contributed by atoms with van der Waals surface area (Å²) in [6.45, 7) is 2.04. The fraction of sp³-hybridized carbons (Fsp3) is 0.0526. The molecule has 2 aromatic carbocycles. The topological polar surface area (TPSA) is 37.8 Å². The van der Waals surface area contributed by atoms with Crippen LogP contribution >= 0.6 is 0 Å². The number of rotatable bonds is 2. The van der Waals surface area contributed by atoms with Crippen molar-refractivity contribution in [1.82, 2.24) is 9.97 Å². The first-order chi connectivity index (χ1) is 10.8. The average molecular weight is 285 g/mol. The minimum absolute atomic E-state index is 0.569. The number of hydrogen-bond donors (Lipinski definition) is 1. The molecule has 3 aromatic rings. The van der Waals surface area contributed by atoms with Crippen LogP contribution < -0.4 is 5.32 Å². The van der Waals surface area contributed by atoms with E-state index in [1.807, 2.05) is 61.5 Å². The van der Waals surface area contributed by atoms with Gasteiger partial charge in [0.25, 0.3) is 0 Å². The highest BCUT2D eigenvalue weighted by Crippen LogP contribution is 2.16. The normalized spacial score (nSPS) is 9.68. The smallest absolute Gasteiger partial charge is 0.227 e. The number of anilines is 2. The van der Waals surface area contributed by atoms with Gasteiger partial charge in [0.15, 0.2) is 0 Å². The Balaban J connectivity index is 1.74. The summed E-state index contributed by atoms with van der Waals surface area (Å²) in [5.74, 6) is 6.72. The van der Waals surface area contributed by atoms with Gasteiger partial charge in [-0.1, -0.05) is 48.2 Å². The van der Waals surface area contributed by atoms with Gasteiger partial charge >= 0.3 is 0 Å². The zero-order chi connectivity index (χ0) is 15.2. The molecule has 0 radical (unpaired) electrons. The maximum Gasteiger partial charge on any atom is 0.227 e. The van der Waals surface area contributed by atoms with Crippen LogP contribution in [0.25, 0.3) is 0 Å². The van der Waals surface area contributed by atoms with E-state index in [9.17, 15) is 0 Å². The van der Waals surface area contributed by atoms with Crippen LogP contribution in [0.5, 0.6) is 0 Å². The molecule has 106 valence electrons. The minimum atomic E-state index is 0.569. The van der Waals surface area contributed by atoms with Crippen molar-refractivity contribution in [3.63, 3.8) is 0 Å². The molecule has 0 amide bonds. The molecule has 22 heavy (non-hydrogen) atoms. The van der Waals surface area contributed by atoms with Crippen molar-refractivity contribution in [2.75, 3.05) is 5.32 Å². The molecule has 0 aliphatic carbocycles. The first kappa shape index (κ1) is 13.8. The number of aromatic nitrogens is 2. The lowest BCUT2D eigenvalue weighted by Gasteiger charge is -2.06. The van der Waals surface area contributed by atoms with E-state index in [1.165, 1.54) is 0 Å². The molecule has 3 rings (SSSR count). The Morgan fingerprint density at radius 3 is 2.14 bits per heavy atom. The molecule has 0 saturated heterocycles. The Morgan fingerprint density at radius 1 is 0.773 bits per heavy atom. The van der Waals surface area contributed by atoms with E-state index < -0.39 is 0 Å². The standard InChI is InChI=1S/C19H15N3/c1-15-7-5-6-10-18(15)22-19-20-13-17(14-21-19)12-11-16-8-3-2-4-9-16/h2-10,13-14H,1H3,(H,20,21,22). The van der Waals surface area contributed by atoms with Crippen molar-refractivity contribution >= 4 is 11.6 Å².